The molecule has 0 saturated carbocycles. The van der Waals surface area contributed by atoms with Gasteiger partial charge >= 0.3 is 0 Å². The van der Waals surface area contributed by atoms with E-state index in [0.717, 1.165) is 5.69 Å². The fourth-order valence-corrected chi connectivity index (χ4v) is 1.97. The lowest BCUT2D eigenvalue weighted by atomic mass is 10.1. The Hall–Kier alpha value is -3.00. The van der Waals surface area contributed by atoms with Crippen molar-refractivity contribution in [3.63, 3.8) is 0 Å². The topological polar surface area (TPSA) is 96.1 Å². The van der Waals surface area contributed by atoms with Crippen molar-refractivity contribution in [3.05, 3.63) is 53.6 Å². The lowest BCUT2D eigenvalue weighted by molar-refractivity contribution is 0.100. The van der Waals surface area contributed by atoms with Gasteiger partial charge in [-0.25, -0.2) is 0 Å². The molecule has 0 spiro atoms. The van der Waals surface area contributed by atoms with Gasteiger partial charge < -0.3 is 16.4 Å². The predicted molar refractivity (Wildman–Crippen MR) is 78.6 cm³/mol. The summed E-state index contributed by atoms with van der Waals surface area (Å²) in [6, 6.07) is 14.1. The summed E-state index contributed by atoms with van der Waals surface area (Å²) in [7, 11) is 1.80. The summed E-state index contributed by atoms with van der Waals surface area (Å²) < 4.78 is 0. The van der Waals surface area contributed by atoms with Crippen LogP contribution in [0.2, 0.25) is 0 Å². The van der Waals surface area contributed by atoms with Gasteiger partial charge in [0.1, 0.15) is 0 Å². The zero-order chi connectivity index (χ0) is 14.7. The zero-order valence-electron chi connectivity index (χ0n) is 11.0. The van der Waals surface area contributed by atoms with Gasteiger partial charge in [-0.2, -0.15) is 5.26 Å². The Kier molecular flexibility index (Phi) is 3.58. The normalized spacial score (nSPS) is 9.80. The maximum atomic E-state index is 11.5. The molecule has 2 rings (SSSR count). The highest BCUT2D eigenvalue weighted by molar-refractivity contribution is 6.00. The Labute approximate surface area is 117 Å². The van der Waals surface area contributed by atoms with Crippen LogP contribution in [0.1, 0.15) is 15.9 Å². The van der Waals surface area contributed by atoms with E-state index in [2.05, 4.69) is 6.07 Å². The fourth-order valence-electron chi connectivity index (χ4n) is 1.97. The van der Waals surface area contributed by atoms with E-state index in [1.807, 2.05) is 6.07 Å². The first-order valence-corrected chi connectivity index (χ1v) is 5.96. The molecule has 5 nitrogen and oxygen atoms in total. The lowest BCUT2D eigenvalue weighted by Crippen LogP contribution is -2.18. The van der Waals surface area contributed by atoms with Gasteiger partial charge in [-0.3, -0.25) is 4.79 Å². The third-order valence-electron chi connectivity index (χ3n) is 3.01. The first kappa shape index (κ1) is 13.4. The Bertz CT molecular complexity index is 703. The maximum Gasteiger partial charge on any atom is 0.250 e. The number of carbonyl (C=O) groups is 1. The molecule has 0 aromatic heterocycles. The summed E-state index contributed by atoms with van der Waals surface area (Å²) in [4.78, 5) is 13.3. The Morgan fingerprint density at radius 2 is 2.00 bits per heavy atom. The smallest absolute Gasteiger partial charge is 0.250 e. The first-order chi connectivity index (χ1) is 9.52. The zero-order valence-corrected chi connectivity index (χ0v) is 11.0. The molecule has 2 aromatic rings. The molecule has 20 heavy (non-hydrogen) atoms. The van der Waals surface area contributed by atoms with E-state index in [1.54, 1.807) is 48.3 Å². The van der Waals surface area contributed by atoms with Gasteiger partial charge in [0.05, 0.1) is 22.9 Å². The van der Waals surface area contributed by atoms with Crippen molar-refractivity contribution >= 4 is 23.0 Å². The summed E-state index contributed by atoms with van der Waals surface area (Å²) in [5.74, 6) is -0.546. The molecule has 100 valence electrons. The molecule has 4 N–H and O–H groups in total. The number of hydrogen-bond donors (Lipinski definition) is 2. The van der Waals surface area contributed by atoms with Gasteiger partial charge in [0.25, 0.3) is 5.91 Å². The molecule has 0 bridgehead atoms. The minimum atomic E-state index is -0.546. The van der Waals surface area contributed by atoms with Crippen LogP contribution in [0, 0.1) is 11.3 Å². The SMILES string of the molecule is CN(c1cccc(C#N)c1)c1ccc(N)cc1C(N)=O. The number of nitrogens with zero attached hydrogens (tertiary/aromatic N) is 2. The van der Waals surface area contributed by atoms with Crippen molar-refractivity contribution in [3.8, 4) is 6.07 Å². The van der Waals surface area contributed by atoms with E-state index >= 15 is 0 Å². The molecular formula is C15H14N4O. The highest BCUT2D eigenvalue weighted by atomic mass is 16.1. The molecule has 0 saturated heterocycles. The monoisotopic (exact) mass is 266 g/mol. The standard InChI is InChI=1S/C15H14N4O/c1-19(12-4-2-3-10(7-12)9-16)14-6-5-11(17)8-13(14)15(18)20/h2-8H,17H2,1H3,(H2,18,20). The van der Waals surface area contributed by atoms with E-state index in [4.69, 9.17) is 16.7 Å². The number of hydrogen-bond acceptors (Lipinski definition) is 4. The molecule has 0 aliphatic rings. The van der Waals surface area contributed by atoms with E-state index in [0.29, 0.717) is 22.5 Å². The van der Waals surface area contributed by atoms with Crippen LogP contribution in [0.15, 0.2) is 42.5 Å². The lowest BCUT2D eigenvalue weighted by Gasteiger charge is -2.22. The van der Waals surface area contributed by atoms with Gasteiger partial charge in [-0.1, -0.05) is 6.07 Å². The third kappa shape index (κ3) is 2.54. The second-order valence-electron chi connectivity index (χ2n) is 4.36. The van der Waals surface area contributed by atoms with Crippen molar-refractivity contribution < 1.29 is 4.79 Å². The molecular weight excluding hydrogens is 252 g/mol. The minimum absolute atomic E-state index is 0.342. The molecule has 0 aliphatic carbocycles. The van der Waals surface area contributed by atoms with Gasteiger partial charge in [0.2, 0.25) is 0 Å². The highest BCUT2D eigenvalue weighted by Crippen LogP contribution is 2.28. The van der Waals surface area contributed by atoms with Crippen LogP contribution >= 0.6 is 0 Å². The quantitative estimate of drug-likeness (QED) is 0.830. The van der Waals surface area contributed by atoms with E-state index in [-0.39, 0.29) is 0 Å². The number of nitriles is 1. The van der Waals surface area contributed by atoms with Crippen molar-refractivity contribution in [1.29, 1.82) is 5.26 Å². The molecule has 0 heterocycles. The van der Waals surface area contributed by atoms with Crippen LogP contribution in [0.4, 0.5) is 17.1 Å². The Morgan fingerprint density at radius 1 is 1.25 bits per heavy atom. The van der Waals surface area contributed by atoms with Crippen LogP contribution in [0.3, 0.4) is 0 Å². The van der Waals surface area contributed by atoms with Crippen molar-refractivity contribution in [1.82, 2.24) is 0 Å². The Morgan fingerprint density at radius 3 is 2.65 bits per heavy atom. The number of anilines is 3. The van der Waals surface area contributed by atoms with Gasteiger partial charge in [0.15, 0.2) is 0 Å². The second-order valence-corrected chi connectivity index (χ2v) is 4.36. The number of rotatable bonds is 3. The summed E-state index contributed by atoms with van der Waals surface area (Å²) in [5.41, 5.74) is 13.9. The molecule has 0 aliphatic heterocycles. The number of nitrogens with two attached hydrogens (primary N) is 2. The van der Waals surface area contributed by atoms with Crippen LogP contribution in [0.5, 0.6) is 0 Å². The maximum absolute atomic E-state index is 11.5. The first-order valence-electron chi connectivity index (χ1n) is 5.96. The fraction of sp³-hybridized carbons (Fsp3) is 0.0667. The number of amides is 1. The highest BCUT2D eigenvalue weighted by Gasteiger charge is 2.14. The molecule has 1 amide bonds. The number of benzene rings is 2. The average molecular weight is 266 g/mol. The van der Waals surface area contributed by atoms with Crippen LogP contribution in [-0.2, 0) is 0 Å². The largest absolute Gasteiger partial charge is 0.399 e. The third-order valence-corrected chi connectivity index (χ3v) is 3.01. The number of carbonyl (C=O) groups excluding carboxylic acids is 1. The Balaban J connectivity index is 2.50. The van der Waals surface area contributed by atoms with Crippen LogP contribution < -0.4 is 16.4 Å². The minimum Gasteiger partial charge on any atom is -0.399 e. The summed E-state index contributed by atoms with van der Waals surface area (Å²) >= 11 is 0. The predicted octanol–water partition coefficient (Wildman–Crippen LogP) is 2.01. The molecule has 0 unspecified atom stereocenters. The molecule has 0 atom stereocenters. The van der Waals surface area contributed by atoms with Gasteiger partial charge in [0, 0.05) is 18.4 Å². The van der Waals surface area contributed by atoms with E-state index < -0.39 is 5.91 Å². The summed E-state index contributed by atoms with van der Waals surface area (Å²) in [5, 5.41) is 8.93. The summed E-state index contributed by atoms with van der Waals surface area (Å²) in [6.45, 7) is 0. The van der Waals surface area contributed by atoms with Gasteiger partial charge in [-0.15, -0.1) is 0 Å². The number of primary amides is 1. The molecule has 0 radical (unpaired) electrons. The van der Waals surface area contributed by atoms with Crippen molar-refractivity contribution in [2.75, 3.05) is 17.7 Å². The van der Waals surface area contributed by atoms with Crippen molar-refractivity contribution in [2.45, 2.75) is 0 Å². The number of nitrogen functional groups attached to an aromatic ring is 1. The molecule has 5 heteroatoms. The van der Waals surface area contributed by atoms with Crippen LogP contribution in [0.25, 0.3) is 0 Å². The van der Waals surface area contributed by atoms with E-state index in [1.165, 1.54) is 0 Å². The van der Waals surface area contributed by atoms with E-state index in [9.17, 15) is 4.79 Å². The van der Waals surface area contributed by atoms with Gasteiger partial charge in [-0.05, 0) is 36.4 Å². The average Bonchev–Trinajstić information content (AvgIpc) is 2.46. The summed E-state index contributed by atoms with van der Waals surface area (Å²) in [6.07, 6.45) is 0. The van der Waals surface area contributed by atoms with Crippen LogP contribution in [-0.4, -0.2) is 13.0 Å². The molecule has 0 fully saturated rings. The van der Waals surface area contributed by atoms with Crippen molar-refractivity contribution in [2.24, 2.45) is 5.73 Å². The molecule has 2 aromatic carbocycles. The second kappa shape index (κ2) is 5.33.